The molecule has 3 heteroatoms. The van der Waals surface area contributed by atoms with Crippen molar-refractivity contribution in [3.63, 3.8) is 0 Å². The summed E-state index contributed by atoms with van der Waals surface area (Å²) >= 11 is 0. The maximum absolute atomic E-state index is 11.4. The molecule has 0 spiro atoms. The number of nitrogens with one attached hydrogen (secondary N) is 1. The van der Waals surface area contributed by atoms with E-state index in [1.165, 1.54) is 32.1 Å². The molecule has 0 bridgehead atoms. The fourth-order valence-electron chi connectivity index (χ4n) is 3.12. The fourth-order valence-corrected chi connectivity index (χ4v) is 3.12. The third kappa shape index (κ3) is 4.07. The van der Waals surface area contributed by atoms with Crippen LogP contribution in [0.25, 0.3) is 0 Å². The highest BCUT2D eigenvalue weighted by Crippen LogP contribution is 2.30. The second-order valence-electron chi connectivity index (χ2n) is 5.89. The van der Waals surface area contributed by atoms with Gasteiger partial charge in [0.2, 0.25) is 0 Å². The van der Waals surface area contributed by atoms with E-state index in [1.54, 1.807) is 0 Å². The van der Waals surface area contributed by atoms with Crippen LogP contribution < -0.4 is 5.32 Å². The molecule has 0 amide bonds. The van der Waals surface area contributed by atoms with Crippen LogP contribution in [0.5, 0.6) is 0 Å². The van der Waals surface area contributed by atoms with Crippen molar-refractivity contribution in [2.75, 3.05) is 6.54 Å². The van der Waals surface area contributed by atoms with E-state index >= 15 is 0 Å². The predicted octanol–water partition coefficient (Wildman–Crippen LogP) is 3.62. The van der Waals surface area contributed by atoms with Crippen molar-refractivity contribution in [1.82, 2.24) is 5.32 Å². The molecule has 1 unspecified atom stereocenters. The largest absolute Gasteiger partial charge is 0.480 e. The molecule has 1 saturated carbocycles. The maximum Gasteiger partial charge on any atom is 0.325 e. The Kier molecular flexibility index (Phi) is 5.60. The SMILES string of the molecule is CCC1CCC(CNC(C(=O)O)c2ccccc2)CC1. The first-order valence-electron chi connectivity index (χ1n) is 7.71. The first kappa shape index (κ1) is 15.0. The van der Waals surface area contributed by atoms with E-state index in [2.05, 4.69) is 12.2 Å². The summed E-state index contributed by atoms with van der Waals surface area (Å²) in [6, 6.07) is 8.85. The van der Waals surface area contributed by atoms with Gasteiger partial charge in [0.25, 0.3) is 0 Å². The summed E-state index contributed by atoms with van der Waals surface area (Å²) in [4.78, 5) is 11.4. The van der Waals surface area contributed by atoms with Crippen LogP contribution >= 0.6 is 0 Å². The topological polar surface area (TPSA) is 49.3 Å². The molecule has 1 aromatic rings. The van der Waals surface area contributed by atoms with Crippen molar-refractivity contribution in [3.05, 3.63) is 35.9 Å². The van der Waals surface area contributed by atoms with Gasteiger partial charge in [-0.15, -0.1) is 0 Å². The Morgan fingerprint density at radius 1 is 1.20 bits per heavy atom. The van der Waals surface area contributed by atoms with Crippen molar-refractivity contribution in [1.29, 1.82) is 0 Å². The van der Waals surface area contributed by atoms with E-state index in [-0.39, 0.29) is 0 Å². The number of benzene rings is 1. The highest BCUT2D eigenvalue weighted by atomic mass is 16.4. The lowest BCUT2D eigenvalue weighted by Crippen LogP contribution is -2.33. The summed E-state index contributed by atoms with van der Waals surface area (Å²) in [6.45, 7) is 3.07. The molecular weight excluding hydrogens is 250 g/mol. The van der Waals surface area contributed by atoms with Crippen LogP contribution in [0.4, 0.5) is 0 Å². The molecule has 1 aliphatic rings. The number of carboxylic acid groups (broad SMARTS) is 1. The first-order chi connectivity index (χ1) is 9.70. The van der Waals surface area contributed by atoms with Gasteiger partial charge in [-0.3, -0.25) is 4.79 Å². The molecule has 0 aromatic heterocycles. The van der Waals surface area contributed by atoms with Crippen LogP contribution in [0.1, 0.15) is 50.6 Å². The van der Waals surface area contributed by atoms with Crippen LogP contribution in [0.3, 0.4) is 0 Å². The van der Waals surface area contributed by atoms with E-state index in [0.717, 1.165) is 18.0 Å². The molecule has 110 valence electrons. The van der Waals surface area contributed by atoms with Crippen LogP contribution in [0, 0.1) is 11.8 Å². The molecule has 3 nitrogen and oxygen atoms in total. The minimum atomic E-state index is -0.793. The molecule has 0 aliphatic heterocycles. The second-order valence-corrected chi connectivity index (χ2v) is 5.89. The molecule has 1 atom stereocenters. The Labute approximate surface area is 121 Å². The van der Waals surface area contributed by atoms with Crippen molar-refractivity contribution in [3.8, 4) is 0 Å². The summed E-state index contributed by atoms with van der Waals surface area (Å²) in [6.07, 6.45) is 6.33. The number of rotatable bonds is 6. The van der Waals surface area contributed by atoms with Gasteiger partial charge in [-0.2, -0.15) is 0 Å². The molecule has 0 radical (unpaired) electrons. The summed E-state index contributed by atoms with van der Waals surface area (Å²) in [5.41, 5.74) is 0.835. The van der Waals surface area contributed by atoms with E-state index in [9.17, 15) is 9.90 Å². The lowest BCUT2D eigenvalue weighted by Gasteiger charge is -2.29. The Morgan fingerprint density at radius 3 is 2.35 bits per heavy atom. The molecule has 2 rings (SSSR count). The van der Waals surface area contributed by atoms with Crippen molar-refractivity contribution in [2.24, 2.45) is 11.8 Å². The van der Waals surface area contributed by atoms with Gasteiger partial charge >= 0.3 is 5.97 Å². The minimum Gasteiger partial charge on any atom is -0.480 e. The molecule has 0 heterocycles. The Morgan fingerprint density at radius 2 is 1.80 bits per heavy atom. The van der Waals surface area contributed by atoms with E-state index in [0.29, 0.717) is 5.92 Å². The Balaban J connectivity index is 1.86. The molecule has 20 heavy (non-hydrogen) atoms. The lowest BCUT2D eigenvalue weighted by molar-refractivity contribution is -0.139. The van der Waals surface area contributed by atoms with Gasteiger partial charge in [0.05, 0.1) is 0 Å². The van der Waals surface area contributed by atoms with Crippen molar-refractivity contribution < 1.29 is 9.90 Å². The second kappa shape index (κ2) is 7.44. The maximum atomic E-state index is 11.4. The summed E-state index contributed by atoms with van der Waals surface area (Å²) in [7, 11) is 0. The van der Waals surface area contributed by atoms with Crippen molar-refractivity contribution in [2.45, 2.75) is 45.1 Å². The number of carbonyl (C=O) groups is 1. The van der Waals surface area contributed by atoms with E-state index < -0.39 is 12.0 Å². The summed E-state index contributed by atoms with van der Waals surface area (Å²) < 4.78 is 0. The molecule has 1 fully saturated rings. The van der Waals surface area contributed by atoms with E-state index in [1.807, 2.05) is 30.3 Å². The zero-order valence-corrected chi connectivity index (χ0v) is 12.2. The fraction of sp³-hybridized carbons (Fsp3) is 0.588. The van der Waals surface area contributed by atoms with E-state index in [4.69, 9.17) is 0 Å². The standard InChI is InChI=1S/C17H25NO2/c1-2-13-8-10-14(11-9-13)12-18-16(17(19)20)15-6-4-3-5-7-15/h3-7,13-14,16,18H,2,8-12H2,1H3,(H,19,20). The normalized spacial score (nSPS) is 24.2. The van der Waals surface area contributed by atoms with Gasteiger partial charge in [-0.1, -0.05) is 56.5 Å². The number of hydrogen-bond acceptors (Lipinski definition) is 2. The third-order valence-electron chi connectivity index (χ3n) is 4.53. The molecule has 1 aromatic carbocycles. The monoisotopic (exact) mass is 275 g/mol. The molecular formula is C17H25NO2. The van der Waals surface area contributed by atoms with Crippen LogP contribution in [-0.2, 0) is 4.79 Å². The molecule has 0 saturated heterocycles. The van der Waals surface area contributed by atoms with Gasteiger partial charge in [-0.05, 0) is 36.8 Å². The number of hydrogen-bond donors (Lipinski definition) is 2. The highest BCUT2D eigenvalue weighted by molar-refractivity contribution is 5.75. The van der Waals surface area contributed by atoms with Gasteiger partial charge < -0.3 is 10.4 Å². The molecule has 1 aliphatic carbocycles. The van der Waals surface area contributed by atoms with Gasteiger partial charge in [-0.25, -0.2) is 0 Å². The minimum absolute atomic E-state index is 0.583. The third-order valence-corrected chi connectivity index (χ3v) is 4.53. The van der Waals surface area contributed by atoms with Crippen molar-refractivity contribution >= 4 is 5.97 Å². The quantitative estimate of drug-likeness (QED) is 0.833. The predicted molar refractivity (Wildman–Crippen MR) is 80.6 cm³/mol. The lowest BCUT2D eigenvalue weighted by atomic mass is 9.81. The average molecular weight is 275 g/mol. The average Bonchev–Trinajstić information content (AvgIpc) is 2.49. The smallest absolute Gasteiger partial charge is 0.325 e. The summed E-state index contributed by atoms with van der Waals surface area (Å²) in [5.74, 6) is 0.720. The zero-order chi connectivity index (χ0) is 14.4. The Bertz CT molecular complexity index is 410. The zero-order valence-electron chi connectivity index (χ0n) is 12.2. The Hall–Kier alpha value is -1.35. The highest BCUT2D eigenvalue weighted by Gasteiger charge is 2.23. The van der Waals surface area contributed by atoms with Crippen LogP contribution in [0.2, 0.25) is 0 Å². The molecule has 2 N–H and O–H groups in total. The summed E-state index contributed by atoms with van der Waals surface area (Å²) in [5, 5.41) is 12.6. The first-order valence-corrected chi connectivity index (χ1v) is 7.71. The number of aliphatic carboxylic acids is 1. The van der Waals surface area contributed by atoms with Gasteiger partial charge in [0, 0.05) is 0 Å². The van der Waals surface area contributed by atoms with Crippen LogP contribution in [-0.4, -0.2) is 17.6 Å². The van der Waals surface area contributed by atoms with Gasteiger partial charge in [0.1, 0.15) is 6.04 Å². The van der Waals surface area contributed by atoms with Gasteiger partial charge in [0.15, 0.2) is 0 Å². The van der Waals surface area contributed by atoms with Crippen LogP contribution in [0.15, 0.2) is 30.3 Å². The number of carboxylic acids is 1.